The molecular weight excluding hydrogens is 266 g/mol. The molecule has 0 saturated carbocycles. The third kappa shape index (κ3) is 5.63. The number of hydrogen-bond acceptors (Lipinski definition) is 4. The van der Waals surface area contributed by atoms with Crippen LogP contribution in [0.3, 0.4) is 0 Å². The van der Waals surface area contributed by atoms with Gasteiger partial charge >= 0.3 is 0 Å². The van der Waals surface area contributed by atoms with Crippen molar-refractivity contribution in [2.75, 3.05) is 24.1 Å². The van der Waals surface area contributed by atoms with Crippen molar-refractivity contribution in [3.05, 3.63) is 23.8 Å². The highest BCUT2D eigenvalue weighted by atomic mass is 16.3. The average Bonchev–Trinajstić information content (AvgIpc) is 2.35. The van der Waals surface area contributed by atoms with Crippen LogP contribution in [0, 0.1) is 5.92 Å². The number of carbonyl (C=O) groups is 1. The van der Waals surface area contributed by atoms with Gasteiger partial charge in [-0.15, -0.1) is 0 Å². The molecule has 0 fully saturated rings. The van der Waals surface area contributed by atoms with Crippen molar-refractivity contribution in [3.8, 4) is 0 Å². The molecule has 0 aromatic heterocycles. The first-order valence-corrected chi connectivity index (χ1v) is 7.39. The Balaban J connectivity index is 2.86. The fourth-order valence-corrected chi connectivity index (χ4v) is 2.40. The molecule has 0 spiro atoms. The summed E-state index contributed by atoms with van der Waals surface area (Å²) in [6.45, 7) is 8.72. The number of rotatable bonds is 7. The van der Waals surface area contributed by atoms with Crippen molar-refractivity contribution in [3.63, 3.8) is 0 Å². The molecule has 5 N–H and O–H groups in total. The summed E-state index contributed by atoms with van der Waals surface area (Å²) in [6, 6.07) is 5.11. The van der Waals surface area contributed by atoms with Gasteiger partial charge in [0.15, 0.2) is 0 Å². The van der Waals surface area contributed by atoms with Crippen LogP contribution in [0.25, 0.3) is 0 Å². The molecule has 1 aromatic carbocycles. The van der Waals surface area contributed by atoms with E-state index in [0.29, 0.717) is 42.4 Å². The number of aliphatic hydroxyl groups is 1. The van der Waals surface area contributed by atoms with Crippen LogP contribution < -0.4 is 16.4 Å². The highest BCUT2D eigenvalue weighted by Crippen LogP contribution is 2.22. The van der Waals surface area contributed by atoms with Gasteiger partial charge in [-0.05, 0) is 44.4 Å². The Morgan fingerprint density at radius 3 is 2.67 bits per heavy atom. The van der Waals surface area contributed by atoms with Gasteiger partial charge in [0, 0.05) is 24.5 Å². The lowest BCUT2D eigenvalue weighted by Crippen LogP contribution is -2.35. The summed E-state index contributed by atoms with van der Waals surface area (Å²) in [5.41, 5.74) is 6.71. The summed E-state index contributed by atoms with van der Waals surface area (Å²) in [5, 5.41) is 16.3. The van der Waals surface area contributed by atoms with Gasteiger partial charge in [0.25, 0.3) is 5.91 Å². The Morgan fingerprint density at radius 2 is 2.10 bits per heavy atom. The Labute approximate surface area is 126 Å². The van der Waals surface area contributed by atoms with Gasteiger partial charge in [-0.2, -0.15) is 0 Å². The van der Waals surface area contributed by atoms with E-state index < -0.39 is 5.60 Å². The van der Waals surface area contributed by atoms with E-state index in [1.165, 1.54) is 0 Å². The van der Waals surface area contributed by atoms with Crippen molar-refractivity contribution in [1.29, 1.82) is 0 Å². The van der Waals surface area contributed by atoms with E-state index in [4.69, 9.17) is 5.73 Å². The first-order chi connectivity index (χ1) is 9.75. The van der Waals surface area contributed by atoms with Crippen molar-refractivity contribution in [2.24, 2.45) is 5.92 Å². The number of benzene rings is 1. The fourth-order valence-electron chi connectivity index (χ4n) is 2.40. The maximum absolute atomic E-state index is 12.0. The molecule has 0 aliphatic rings. The van der Waals surface area contributed by atoms with Crippen LogP contribution in [0.5, 0.6) is 0 Å². The van der Waals surface area contributed by atoms with Crippen LogP contribution in [0.1, 0.15) is 44.5 Å². The molecule has 0 aliphatic heterocycles. The zero-order valence-corrected chi connectivity index (χ0v) is 13.4. The van der Waals surface area contributed by atoms with Gasteiger partial charge in [-0.1, -0.05) is 13.8 Å². The number of amides is 1. The molecule has 21 heavy (non-hydrogen) atoms. The van der Waals surface area contributed by atoms with Crippen LogP contribution in [-0.4, -0.2) is 29.7 Å². The number of hydrogen-bond donors (Lipinski definition) is 4. The minimum atomic E-state index is -0.836. The first-order valence-electron chi connectivity index (χ1n) is 7.39. The molecule has 1 rings (SSSR count). The quantitative estimate of drug-likeness (QED) is 0.581. The zero-order valence-electron chi connectivity index (χ0n) is 13.4. The summed E-state index contributed by atoms with van der Waals surface area (Å²) in [4.78, 5) is 12.0. The summed E-state index contributed by atoms with van der Waals surface area (Å²) in [7, 11) is 0. The average molecular weight is 293 g/mol. The predicted octanol–water partition coefficient (Wildman–Crippen LogP) is 2.23. The molecule has 0 aliphatic carbocycles. The SMILES string of the molecule is CCNC(=O)c1ccc(N)cc1NCC(C)(O)CC(C)C. The minimum absolute atomic E-state index is 0.150. The topological polar surface area (TPSA) is 87.4 Å². The zero-order chi connectivity index (χ0) is 16.0. The van der Waals surface area contributed by atoms with Crippen LogP contribution in [-0.2, 0) is 0 Å². The second-order valence-electron chi connectivity index (χ2n) is 6.11. The highest BCUT2D eigenvalue weighted by molar-refractivity contribution is 6.00. The molecule has 1 atom stereocenters. The van der Waals surface area contributed by atoms with Gasteiger partial charge in [-0.3, -0.25) is 4.79 Å². The number of carbonyl (C=O) groups excluding carboxylic acids is 1. The number of anilines is 2. The van der Waals surface area contributed by atoms with Gasteiger partial charge in [0.1, 0.15) is 0 Å². The Bertz CT molecular complexity index is 484. The van der Waals surface area contributed by atoms with Crippen molar-refractivity contribution < 1.29 is 9.90 Å². The van der Waals surface area contributed by atoms with Gasteiger partial charge in [0.2, 0.25) is 0 Å². The number of nitrogens with one attached hydrogen (secondary N) is 2. The normalized spacial score (nSPS) is 13.8. The number of nitrogen functional groups attached to an aromatic ring is 1. The molecule has 0 bridgehead atoms. The van der Waals surface area contributed by atoms with Crippen LogP contribution >= 0.6 is 0 Å². The van der Waals surface area contributed by atoms with E-state index in [0.717, 1.165) is 0 Å². The maximum Gasteiger partial charge on any atom is 0.253 e. The molecular formula is C16H27N3O2. The molecule has 0 radical (unpaired) electrons. The largest absolute Gasteiger partial charge is 0.399 e. The van der Waals surface area contributed by atoms with Gasteiger partial charge in [0.05, 0.1) is 11.2 Å². The maximum atomic E-state index is 12.0. The summed E-state index contributed by atoms with van der Waals surface area (Å²) in [6.07, 6.45) is 0.679. The second kappa shape index (κ2) is 7.31. The molecule has 118 valence electrons. The first kappa shape index (κ1) is 17.3. The molecule has 1 amide bonds. The second-order valence-corrected chi connectivity index (χ2v) is 6.11. The third-order valence-electron chi connectivity index (χ3n) is 3.13. The monoisotopic (exact) mass is 293 g/mol. The summed E-state index contributed by atoms with van der Waals surface area (Å²) in [5.74, 6) is 0.244. The van der Waals surface area contributed by atoms with E-state index in [1.807, 2.05) is 6.92 Å². The third-order valence-corrected chi connectivity index (χ3v) is 3.13. The Morgan fingerprint density at radius 1 is 1.43 bits per heavy atom. The van der Waals surface area contributed by atoms with E-state index in [1.54, 1.807) is 25.1 Å². The standard InChI is InChI=1S/C16H27N3O2/c1-5-18-15(20)13-7-6-12(17)8-14(13)19-10-16(4,21)9-11(2)3/h6-8,11,19,21H,5,9-10,17H2,1-4H3,(H,18,20). The fraction of sp³-hybridized carbons (Fsp3) is 0.562. The van der Waals surface area contributed by atoms with Crippen LogP contribution in [0.15, 0.2) is 18.2 Å². The molecule has 0 saturated heterocycles. The van der Waals surface area contributed by atoms with Gasteiger partial charge < -0.3 is 21.5 Å². The molecule has 0 heterocycles. The lowest BCUT2D eigenvalue weighted by atomic mass is 9.94. The molecule has 1 unspecified atom stereocenters. The van der Waals surface area contributed by atoms with Crippen molar-refractivity contribution >= 4 is 17.3 Å². The Hall–Kier alpha value is -1.75. The molecule has 5 nitrogen and oxygen atoms in total. The predicted molar refractivity (Wildman–Crippen MR) is 87.4 cm³/mol. The summed E-state index contributed by atoms with van der Waals surface area (Å²) < 4.78 is 0. The van der Waals surface area contributed by atoms with Crippen LogP contribution in [0.2, 0.25) is 0 Å². The van der Waals surface area contributed by atoms with E-state index in [2.05, 4.69) is 24.5 Å². The number of nitrogens with two attached hydrogens (primary N) is 1. The van der Waals surface area contributed by atoms with Crippen molar-refractivity contribution in [1.82, 2.24) is 5.32 Å². The van der Waals surface area contributed by atoms with Gasteiger partial charge in [-0.25, -0.2) is 0 Å². The smallest absolute Gasteiger partial charge is 0.253 e. The highest BCUT2D eigenvalue weighted by Gasteiger charge is 2.22. The lowest BCUT2D eigenvalue weighted by Gasteiger charge is -2.26. The van der Waals surface area contributed by atoms with E-state index >= 15 is 0 Å². The Kier molecular flexibility index (Phi) is 6.03. The lowest BCUT2D eigenvalue weighted by molar-refractivity contribution is 0.0515. The molecule has 5 heteroatoms. The molecule has 1 aromatic rings. The van der Waals surface area contributed by atoms with E-state index in [-0.39, 0.29) is 5.91 Å². The van der Waals surface area contributed by atoms with Crippen molar-refractivity contribution in [2.45, 2.75) is 39.7 Å². The van der Waals surface area contributed by atoms with Crippen LogP contribution in [0.4, 0.5) is 11.4 Å². The van der Waals surface area contributed by atoms with E-state index in [9.17, 15) is 9.90 Å². The minimum Gasteiger partial charge on any atom is -0.399 e. The summed E-state index contributed by atoms with van der Waals surface area (Å²) >= 11 is 0.